The number of benzene rings is 1. The Morgan fingerprint density at radius 2 is 1.56 bits per heavy atom. The third kappa shape index (κ3) is 6.55. The number of fused-ring (bicyclic) bond motifs is 1. The number of carbonyl (C=O) groups is 1. The van der Waals surface area contributed by atoms with Crippen molar-refractivity contribution >= 4 is 5.97 Å². The second-order valence-corrected chi connectivity index (χ2v) is 11.5. The van der Waals surface area contributed by atoms with Gasteiger partial charge in [0.25, 0.3) is 0 Å². The first-order valence-corrected chi connectivity index (χ1v) is 14.1. The molecule has 0 amide bonds. The minimum Gasteiger partial charge on any atom is -0.497 e. The highest BCUT2D eigenvalue weighted by atomic mass is 19.1. The molecule has 3 nitrogen and oxygen atoms in total. The summed E-state index contributed by atoms with van der Waals surface area (Å²) >= 11 is 0. The minimum atomic E-state index is -0.547. The number of methoxy groups -OCH3 is 1. The molecule has 0 heterocycles. The predicted octanol–water partition coefficient (Wildman–Crippen LogP) is 8.35. The average Bonchev–Trinajstić information content (AvgIpc) is 2.87. The Hall–Kier alpha value is -1.58. The van der Waals surface area contributed by atoms with E-state index in [9.17, 15) is 9.18 Å². The van der Waals surface area contributed by atoms with E-state index in [2.05, 4.69) is 6.92 Å². The molecule has 4 unspecified atom stereocenters. The smallest absolute Gasteiger partial charge is 0.314 e. The lowest BCUT2D eigenvalue weighted by atomic mass is 9.60. The van der Waals surface area contributed by atoms with Gasteiger partial charge < -0.3 is 9.47 Å². The van der Waals surface area contributed by atoms with E-state index in [0.717, 1.165) is 55.3 Å². The summed E-state index contributed by atoms with van der Waals surface area (Å²) in [6.45, 7) is 2.30. The van der Waals surface area contributed by atoms with Crippen molar-refractivity contribution in [1.29, 1.82) is 0 Å². The molecule has 0 aromatic heterocycles. The lowest BCUT2D eigenvalue weighted by molar-refractivity contribution is -0.140. The normalized spacial score (nSPS) is 31.5. The molecule has 4 rings (SSSR count). The zero-order valence-electron chi connectivity index (χ0n) is 21.4. The quantitative estimate of drug-likeness (QED) is 0.206. The van der Waals surface area contributed by atoms with Gasteiger partial charge in [0.1, 0.15) is 5.75 Å². The third-order valence-corrected chi connectivity index (χ3v) is 9.35. The van der Waals surface area contributed by atoms with E-state index in [-0.39, 0.29) is 17.6 Å². The fourth-order valence-electron chi connectivity index (χ4n) is 7.28. The number of carbonyl (C=O) groups excluding carboxylic acids is 1. The molecule has 0 bridgehead atoms. The van der Waals surface area contributed by atoms with E-state index in [4.69, 9.17) is 9.47 Å². The number of hydrogen-bond donors (Lipinski definition) is 0. The van der Waals surface area contributed by atoms with Crippen molar-refractivity contribution in [2.24, 2.45) is 35.5 Å². The van der Waals surface area contributed by atoms with Crippen LogP contribution in [0.2, 0.25) is 0 Å². The van der Waals surface area contributed by atoms with Crippen LogP contribution >= 0.6 is 0 Å². The number of ether oxygens (including phenoxy) is 2. The molecular weight excluding hydrogens is 427 g/mol. The zero-order valence-corrected chi connectivity index (χ0v) is 21.4. The zero-order chi connectivity index (χ0) is 23.9. The van der Waals surface area contributed by atoms with Gasteiger partial charge in [0.2, 0.25) is 0 Å². The minimum absolute atomic E-state index is 0.00668. The Morgan fingerprint density at radius 3 is 2.26 bits per heavy atom. The van der Waals surface area contributed by atoms with E-state index in [1.807, 2.05) is 0 Å². The first-order valence-electron chi connectivity index (χ1n) is 14.1. The largest absolute Gasteiger partial charge is 0.497 e. The Kier molecular flexibility index (Phi) is 9.31. The molecule has 3 aliphatic carbocycles. The van der Waals surface area contributed by atoms with Gasteiger partial charge in [-0.1, -0.05) is 45.4 Å². The van der Waals surface area contributed by atoms with Crippen molar-refractivity contribution < 1.29 is 18.7 Å². The Morgan fingerprint density at radius 1 is 0.882 bits per heavy atom. The summed E-state index contributed by atoms with van der Waals surface area (Å²) in [6, 6.07) is 4.37. The number of unbranched alkanes of at least 4 members (excludes halogenated alkanes) is 3. The fourth-order valence-corrected chi connectivity index (χ4v) is 7.28. The molecule has 3 fully saturated rings. The highest BCUT2D eigenvalue weighted by Gasteiger charge is 2.39. The van der Waals surface area contributed by atoms with Crippen LogP contribution < -0.4 is 9.47 Å². The second-order valence-electron chi connectivity index (χ2n) is 11.5. The highest BCUT2D eigenvalue weighted by molar-refractivity contribution is 5.75. The van der Waals surface area contributed by atoms with Gasteiger partial charge >= 0.3 is 5.97 Å². The van der Waals surface area contributed by atoms with Gasteiger partial charge in [-0.05, 0) is 99.5 Å². The molecule has 190 valence electrons. The van der Waals surface area contributed by atoms with Gasteiger partial charge in [0.05, 0.1) is 13.0 Å². The molecule has 4 heteroatoms. The summed E-state index contributed by atoms with van der Waals surface area (Å²) in [5, 5.41) is 0. The van der Waals surface area contributed by atoms with Crippen molar-refractivity contribution in [1.82, 2.24) is 0 Å². The summed E-state index contributed by atoms with van der Waals surface area (Å²) in [4.78, 5) is 12.7. The third-order valence-electron chi connectivity index (χ3n) is 9.35. The van der Waals surface area contributed by atoms with Gasteiger partial charge in [0.15, 0.2) is 11.6 Å². The molecular formula is C30H45FO3. The van der Waals surface area contributed by atoms with E-state index in [1.165, 1.54) is 89.9 Å². The summed E-state index contributed by atoms with van der Waals surface area (Å²) in [5.41, 5.74) is 0. The van der Waals surface area contributed by atoms with Gasteiger partial charge in [0, 0.05) is 6.07 Å². The summed E-state index contributed by atoms with van der Waals surface area (Å²) < 4.78 is 24.6. The molecule has 0 spiro atoms. The van der Waals surface area contributed by atoms with Crippen LogP contribution in [0.1, 0.15) is 103 Å². The number of hydrogen-bond acceptors (Lipinski definition) is 3. The molecule has 0 aliphatic heterocycles. The average molecular weight is 473 g/mol. The van der Waals surface area contributed by atoms with Crippen molar-refractivity contribution in [3.05, 3.63) is 24.0 Å². The van der Waals surface area contributed by atoms with Gasteiger partial charge in [-0.15, -0.1) is 0 Å². The summed E-state index contributed by atoms with van der Waals surface area (Å²) in [6.07, 6.45) is 19.7. The van der Waals surface area contributed by atoms with Crippen molar-refractivity contribution in [2.45, 2.75) is 103 Å². The lowest BCUT2D eigenvalue weighted by Gasteiger charge is -2.45. The summed E-state index contributed by atoms with van der Waals surface area (Å²) in [7, 11) is 1.49. The van der Waals surface area contributed by atoms with Crippen molar-refractivity contribution in [3.8, 4) is 11.5 Å². The fraction of sp³-hybridized carbons (Fsp3) is 0.767. The van der Waals surface area contributed by atoms with Crippen molar-refractivity contribution in [2.75, 3.05) is 7.11 Å². The van der Waals surface area contributed by atoms with Crippen LogP contribution in [-0.4, -0.2) is 13.1 Å². The lowest BCUT2D eigenvalue weighted by Crippen LogP contribution is -2.35. The van der Waals surface area contributed by atoms with E-state index < -0.39 is 5.82 Å². The molecule has 0 saturated heterocycles. The summed E-state index contributed by atoms with van der Waals surface area (Å²) in [5.74, 6) is 4.03. The maximum Gasteiger partial charge on any atom is 0.314 e. The monoisotopic (exact) mass is 472 g/mol. The van der Waals surface area contributed by atoms with Crippen molar-refractivity contribution in [3.63, 3.8) is 0 Å². The van der Waals surface area contributed by atoms with E-state index >= 15 is 0 Å². The maximum absolute atomic E-state index is 14.2. The molecule has 0 N–H and O–H groups in total. The molecule has 4 atom stereocenters. The SMILES string of the molecule is CCCCCCC1CCC2CC(C3CCC(C(=O)Oc4ccc(OC)cc4F)CC3)CCC2C1. The first kappa shape index (κ1) is 25.5. The van der Waals surface area contributed by atoms with Gasteiger partial charge in [-0.25, -0.2) is 4.39 Å². The maximum atomic E-state index is 14.2. The Balaban J connectivity index is 1.19. The van der Waals surface area contributed by atoms with Gasteiger partial charge in [-0.2, -0.15) is 0 Å². The Bertz CT molecular complexity index is 785. The number of halogens is 1. The van der Waals surface area contributed by atoms with E-state index in [1.54, 1.807) is 6.07 Å². The predicted molar refractivity (Wildman–Crippen MR) is 134 cm³/mol. The second kappa shape index (κ2) is 12.4. The highest BCUT2D eigenvalue weighted by Crippen LogP contribution is 2.49. The molecule has 3 saturated carbocycles. The Labute approximate surface area is 206 Å². The van der Waals surface area contributed by atoms with Crippen LogP contribution in [0, 0.1) is 41.3 Å². The van der Waals surface area contributed by atoms with Crippen LogP contribution in [0.5, 0.6) is 11.5 Å². The topological polar surface area (TPSA) is 35.5 Å². The number of rotatable bonds is 9. The molecule has 34 heavy (non-hydrogen) atoms. The number of esters is 1. The molecule has 1 aromatic rings. The van der Waals surface area contributed by atoms with Crippen LogP contribution in [0.25, 0.3) is 0 Å². The first-order chi connectivity index (χ1) is 16.6. The molecule has 3 aliphatic rings. The van der Waals surface area contributed by atoms with Gasteiger partial charge in [-0.3, -0.25) is 4.79 Å². The molecule has 1 aromatic carbocycles. The van der Waals surface area contributed by atoms with Crippen LogP contribution in [0.15, 0.2) is 18.2 Å². The van der Waals surface area contributed by atoms with Crippen LogP contribution in [0.3, 0.4) is 0 Å². The standard InChI is InChI=1S/C30H45FO3/c1-3-4-5-6-7-21-8-9-26-19-25(15-14-24(26)18-21)22-10-12-23(13-11-22)30(32)34-29-17-16-27(33-2)20-28(29)31/h16-17,20-26H,3-15,18-19H2,1-2H3. The molecule has 0 radical (unpaired) electrons. The van der Waals surface area contributed by atoms with E-state index in [0.29, 0.717) is 5.75 Å². The van der Waals surface area contributed by atoms with Crippen LogP contribution in [-0.2, 0) is 4.79 Å². The van der Waals surface area contributed by atoms with Crippen LogP contribution in [0.4, 0.5) is 4.39 Å².